The molecule has 6 heteroatoms. The first-order valence-electron chi connectivity index (χ1n) is 6.53. The lowest BCUT2D eigenvalue weighted by molar-refractivity contribution is 0.420. The average molecular weight is 305 g/mol. The Morgan fingerprint density at radius 1 is 1.26 bits per heavy atom. The van der Waals surface area contributed by atoms with E-state index in [4.69, 9.17) is 11.6 Å². The Hall–Kier alpha value is -0.650. The summed E-state index contributed by atoms with van der Waals surface area (Å²) in [6.45, 7) is 2.99. The van der Waals surface area contributed by atoms with E-state index in [2.05, 4.69) is 4.98 Å². The normalized spacial score (nSPS) is 11.9. The van der Waals surface area contributed by atoms with Crippen LogP contribution in [0.5, 0.6) is 0 Å². The second kappa shape index (κ2) is 8.51. The molecule has 0 atom stereocenters. The molecule has 1 rings (SSSR count). The predicted molar refractivity (Wildman–Crippen MR) is 78.9 cm³/mol. The highest BCUT2D eigenvalue weighted by Crippen LogP contribution is 2.08. The molecule has 0 radical (unpaired) electrons. The number of rotatable bonds is 9. The zero-order chi connectivity index (χ0) is 14.1. The summed E-state index contributed by atoms with van der Waals surface area (Å²) in [6.07, 6.45) is 5.70. The smallest absolute Gasteiger partial charge is 0.214 e. The number of nitrogens with zero attached hydrogens (tertiary/aromatic N) is 2. The minimum atomic E-state index is -3.23. The summed E-state index contributed by atoms with van der Waals surface area (Å²) in [7, 11) is -3.23. The first-order chi connectivity index (χ1) is 9.10. The molecule has 1 heterocycles. The molecule has 0 saturated heterocycles. The van der Waals surface area contributed by atoms with Gasteiger partial charge in [0.25, 0.3) is 0 Å². The highest BCUT2D eigenvalue weighted by atomic mass is 35.5. The van der Waals surface area contributed by atoms with Gasteiger partial charge in [-0.2, -0.15) is 0 Å². The number of unbranched alkanes of at least 4 members (excludes halogenated alkanes) is 1. The lowest BCUT2D eigenvalue weighted by atomic mass is 10.2. The van der Waals surface area contributed by atoms with E-state index in [1.807, 2.05) is 19.1 Å². The van der Waals surface area contributed by atoms with Crippen molar-refractivity contribution in [1.82, 2.24) is 9.29 Å². The van der Waals surface area contributed by atoms with Crippen LogP contribution < -0.4 is 0 Å². The summed E-state index contributed by atoms with van der Waals surface area (Å²) in [6, 6.07) is 3.68. The maximum atomic E-state index is 12.3. The fourth-order valence-corrected chi connectivity index (χ4v) is 3.58. The number of halogens is 1. The molecular formula is C13H21ClN2O2S. The largest absolute Gasteiger partial charge is 0.265 e. The molecule has 0 aliphatic carbocycles. The van der Waals surface area contributed by atoms with Gasteiger partial charge in [-0.3, -0.25) is 4.98 Å². The van der Waals surface area contributed by atoms with Gasteiger partial charge in [0.15, 0.2) is 0 Å². The highest BCUT2D eigenvalue weighted by Gasteiger charge is 2.20. The van der Waals surface area contributed by atoms with E-state index in [9.17, 15) is 8.42 Å². The van der Waals surface area contributed by atoms with Crippen LogP contribution in [0, 0.1) is 0 Å². The van der Waals surface area contributed by atoms with Gasteiger partial charge in [-0.05, 0) is 30.5 Å². The molecule has 108 valence electrons. The fraction of sp³-hybridized carbons (Fsp3) is 0.615. The van der Waals surface area contributed by atoms with Gasteiger partial charge < -0.3 is 0 Å². The summed E-state index contributed by atoms with van der Waals surface area (Å²) >= 11 is 5.68. The van der Waals surface area contributed by atoms with Crippen molar-refractivity contribution >= 4 is 21.6 Å². The zero-order valence-corrected chi connectivity index (χ0v) is 12.8. The highest BCUT2D eigenvalue weighted by molar-refractivity contribution is 7.89. The van der Waals surface area contributed by atoms with Gasteiger partial charge in [0.05, 0.1) is 5.75 Å². The predicted octanol–water partition coefficient (Wildman–Crippen LogP) is 2.29. The minimum absolute atomic E-state index is 0.123. The Balaban J connectivity index is 2.61. The van der Waals surface area contributed by atoms with E-state index in [1.165, 1.54) is 4.31 Å². The quantitative estimate of drug-likeness (QED) is 0.658. The third-order valence-corrected chi connectivity index (χ3v) is 4.93. The monoisotopic (exact) mass is 304 g/mol. The minimum Gasteiger partial charge on any atom is -0.265 e. The Morgan fingerprint density at radius 3 is 2.53 bits per heavy atom. The van der Waals surface area contributed by atoms with E-state index in [0.717, 1.165) is 18.4 Å². The molecule has 0 aromatic carbocycles. The summed E-state index contributed by atoms with van der Waals surface area (Å²) in [5.74, 6) is 0.454. The van der Waals surface area contributed by atoms with Crippen molar-refractivity contribution in [2.75, 3.05) is 24.7 Å². The molecule has 0 amide bonds. The van der Waals surface area contributed by atoms with E-state index in [1.54, 1.807) is 12.4 Å². The van der Waals surface area contributed by atoms with E-state index >= 15 is 0 Å². The van der Waals surface area contributed by atoms with Crippen LogP contribution in [-0.2, 0) is 16.4 Å². The summed E-state index contributed by atoms with van der Waals surface area (Å²) in [4.78, 5) is 3.92. The summed E-state index contributed by atoms with van der Waals surface area (Å²) < 4.78 is 26.0. The second-order valence-corrected chi connectivity index (χ2v) is 6.83. The number of pyridine rings is 1. The number of hydrogen-bond donors (Lipinski definition) is 0. The standard InChI is InChI=1S/C13H21ClN2O2S/c1-2-3-10-16(11-7-14)19(17,18)12-6-13-4-8-15-9-5-13/h4-5,8-9H,2-3,6-7,10-12H2,1H3. The molecule has 1 aromatic heterocycles. The third kappa shape index (κ3) is 5.89. The molecule has 0 saturated carbocycles. The van der Waals surface area contributed by atoms with Crippen LogP contribution in [0.1, 0.15) is 25.3 Å². The lowest BCUT2D eigenvalue weighted by Crippen LogP contribution is -2.36. The Kier molecular flexibility index (Phi) is 7.34. The van der Waals surface area contributed by atoms with Crippen molar-refractivity contribution < 1.29 is 8.42 Å². The molecule has 1 aromatic rings. The Morgan fingerprint density at radius 2 is 1.95 bits per heavy atom. The Bertz CT molecular complexity index is 451. The van der Waals surface area contributed by atoms with E-state index in [-0.39, 0.29) is 5.75 Å². The van der Waals surface area contributed by atoms with Crippen LogP contribution in [0.4, 0.5) is 0 Å². The third-order valence-electron chi connectivity index (χ3n) is 2.89. The number of aromatic nitrogens is 1. The fourth-order valence-electron chi connectivity index (χ4n) is 1.74. The van der Waals surface area contributed by atoms with Gasteiger partial charge in [-0.15, -0.1) is 11.6 Å². The van der Waals surface area contributed by atoms with Crippen LogP contribution in [0.3, 0.4) is 0 Å². The van der Waals surface area contributed by atoms with Crippen LogP contribution in [0.15, 0.2) is 24.5 Å². The van der Waals surface area contributed by atoms with Crippen molar-refractivity contribution in [2.45, 2.75) is 26.2 Å². The maximum absolute atomic E-state index is 12.3. The first-order valence-corrected chi connectivity index (χ1v) is 8.67. The molecule has 0 fully saturated rings. The molecule has 0 unspecified atom stereocenters. The van der Waals surface area contributed by atoms with E-state index < -0.39 is 10.0 Å². The first kappa shape index (κ1) is 16.4. The van der Waals surface area contributed by atoms with Crippen molar-refractivity contribution in [3.63, 3.8) is 0 Å². The van der Waals surface area contributed by atoms with Crippen molar-refractivity contribution in [3.05, 3.63) is 30.1 Å². The van der Waals surface area contributed by atoms with Crippen molar-refractivity contribution in [1.29, 1.82) is 0 Å². The molecule has 0 N–H and O–H groups in total. The van der Waals surface area contributed by atoms with Gasteiger partial charge in [0, 0.05) is 31.4 Å². The number of alkyl halides is 1. The molecule has 0 aliphatic heterocycles. The van der Waals surface area contributed by atoms with E-state index in [0.29, 0.717) is 25.4 Å². The van der Waals surface area contributed by atoms with Gasteiger partial charge in [0.2, 0.25) is 10.0 Å². The van der Waals surface area contributed by atoms with Gasteiger partial charge in [-0.25, -0.2) is 12.7 Å². The van der Waals surface area contributed by atoms with Crippen LogP contribution in [0.25, 0.3) is 0 Å². The second-order valence-electron chi connectivity index (χ2n) is 4.36. The summed E-state index contributed by atoms with van der Waals surface area (Å²) in [5.41, 5.74) is 0.986. The van der Waals surface area contributed by atoms with Crippen LogP contribution >= 0.6 is 11.6 Å². The number of aryl methyl sites for hydroxylation is 1. The average Bonchev–Trinajstić information content (AvgIpc) is 2.42. The maximum Gasteiger partial charge on any atom is 0.214 e. The molecule has 0 aliphatic rings. The van der Waals surface area contributed by atoms with Crippen LogP contribution in [-0.4, -0.2) is 42.4 Å². The molecule has 19 heavy (non-hydrogen) atoms. The van der Waals surface area contributed by atoms with Gasteiger partial charge in [0.1, 0.15) is 0 Å². The lowest BCUT2D eigenvalue weighted by Gasteiger charge is -2.20. The van der Waals surface area contributed by atoms with Crippen LogP contribution in [0.2, 0.25) is 0 Å². The van der Waals surface area contributed by atoms with Crippen molar-refractivity contribution in [3.8, 4) is 0 Å². The topological polar surface area (TPSA) is 50.3 Å². The zero-order valence-electron chi connectivity index (χ0n) is 11.3. The molecule has 4 nitrogen and oxygen atoms in total. The number of hydrogen-bond acceptors (Lipinski definition) is 3. The Labute approximate surface area is 120 Å². The summed E-state index contributed by atoms with van der Waals surface area (Å²) in [5, 5.41) is 0. The molecule has 0 bridgehead atoms. The number of sulfonamides is 1. The van der Waals surface area contributed by atoms with Gasteiger partial charge in [-0.1, -0.05) is 13.3 Å². The van der Waals surface area contributed by atoms with Crippen molar-refractivity contribution in [2.24, 2.45) is 0 Å². The van der Waals surface area contributed by atoms with Gasteiger partial charge >= 0.3 is 0 Å². The molecule has 0 spiro atoms. The SMILES string of the molecule is CCCCN(CCCl)S(=O)(=O)CCc1ccncc1. The molecular weight excluding hydrogens is 284 g/mol.